The van der Waals surface area contributed by atoms with Gasteiger partial charge in [0.2, 0.25) is 5.91 Å². The second kappa shape index (κ2) is 8.68. The average molecular weight is 424 g/mol. The summed E-state index contributed by atoms with van der Waals surface area (Å²) in [6.45, 7) is 1.12. The zero-order valence-electron chi connectivity index (χ0n) is 15.9. The summed E-state index contributed by atoms with van der Waals surface area (Å²) in [5.74, 6) is -1.90. The number of amides is 2. The number of rotatable bonds is 5. The monoisotopic (exact) mass is 424 g/mol. The van der Waals surface area contributed by atoms with Crippen molar-refractivity contribution in [3.63, 3.8) is 0 Å². The maximum atomic E-state index is 13.5. The van der Waals surface area contributed by atoms with Gasteiger partial charge in [-0.25, -0.2) is 9.37 Å². The van der Waals surface area contributed by atoms with Gasteiger partial charge in [-0.1, -0.05) is 6.07 Å². The maximum Gasteiger partial charge on any atom is 0.416 e. The summed E-state index contributed by atoms with van der Waals surface area (Å²) in [4.78, 5) is 30.0. The quantitative estimate of drug-likeness (QED) is 0.723. The number of alkyl halides is 3. The van der Waals surface area contributed by atoms with Crippen molar-refractivity contribution in [2.75, 3.05) is 18.0 Å². The van der Waals surface area contributed by atoms with Crippen LogP contribution in [0, 0.1) is 11.7 Å². The number of nitrogens with one attached hydrogen (secondary N) is 1. The highest BCUT2D eigenvalue weighted by Crippen LogP contribution is 2.30. The molecule has 2 heterocycles. The number of carbonyl (C=O) groups is 2. The third-order valence-corrected chi connectivity index (χ3v) is 4.99. The van der Waals surface area contributed by atoms with Gasteiger partial charge in [0, 0.05) is 42.9 Å². The van der Waals surface area contributed by atoms with Gasteiger partial charge < -0.3 is 16.0 Å². The van der Waals surface area contributed by atoms with Crippen molar-refractivity contribution in [1.82, 2.24) is 10.3 Å². The Kier molecular flexibility index (Phi) is 6.23. The summed E-state index contributed by atoms with van der Waals surface area (Å²) in [6, 6.07) is 5.10. The Morgan fingerprint density at radius 3 is 2.53 bits per heavy atom. The molecule has 1 aromatic heterocycles. The van der Waals surface area contributed by atoms with E-state index in [4.69, 9.17) is 5.73 Å². The van der Waals surface area contributed by atoms with Gasteiger partial charge in [0.25, 0.3) is 5.91 Å². The van der Waals surface area contributed by atoms with Gasteiger partial charge in [0.15, 0.2) is 0 Å². The molecule has 6 nitrogen and oxygen atoms in total. The van der Waals surface area contributed by atoms with Crippen LogP contribution in [-0.4, -0.2) is 29.9 Å². The Hall–Kier alpha value is -3.17. The van der Waals surface area contributed by atoms with Crippen LogP contribution in [0.4, 0.5) is 23.4 Å². The molecule has 3 rings (SSSR count). The summed E-state index contributed by atoms with van der Waals surface area (Å²) >= 11 is 0. The fraction of sp³-hybridized carbons (Fsp3) is 0.350. The van der Waals surface area contributed by atoms with Gasteiger partial charge in [-0.3, -0.25) is 9.59 Å². The average Bonchev–Trinajstić information content (AvgIpc) is 2.71. The van der Waals surface area contributed by atoms with Crippen LogP contribution in [0.3, 0.4) is 0 Å². The molecule has 1 saturated heterocycles. The first-order valence-electron chi connectivity index (χ1n) is 9.29. The van der Waals surface area contributed by atoms with Crippen LogP contribution in [0.15, 0.2) is 36.5 Å². The number of carbonyl (C=O) groups excluding carboxylic acids is 2. The third kappa shape index (κ3) is 5.05. The summed E-state index contributed by atoms with van der Waals surface area (Å²) < 4.78 is 52.1. The molecular formula is C20H20F4N4O2. The van der Waals surface area contributed by atoms with E-state index >= 15 is 0 Å². The molecule has 1 aliphatic heterocycles. The second-order valence-electron chi connectivity index (χ2n) is 7.06. The number of piperidine rings is 1. The SMILES string of the molecule is NC(=O)C1CCN(c2ncccc2CNC(=O)c2cc(F)cc(C(F)(F)F)c2)CC1. The fourth-order valence-corrected chi connectivity index (χ4v) is 3.39. The molecule has 10 heteroatoms. The van der Waals surface area contributed by atoms with E-state index in [1.54, 1.807) is 18.3 Å². The van der Waals surface area contributed by atoms with E-state index in [1.165, 1.54) is 0 Å². The minimum absolute atomic E-state index is 0.00435. The van der Waals surface area contributed by atoms with Crippen LogP contribution in [0.5, 0.6) is 0 Å². The summed E-state index contributed by atoms with van der Waals surface area (Å²) in [7, 11) is 0. The minimum Gasteiger partial charge on any atom is -0.369 e. The Labute approximate surface area is 170 Å². The summed E-state index contributed by atoms with van der Waals surface area (Å²) in [5.41, 5.74) is 4.35. The molecule has 1 fully saturated rings. The fourth-order valence-electron chi connectivity index (χ4n) is 3.39. The van der Waals surface area contributed by atoms with Gasteiger partial charge in [0.05, 0.1) is 5.56 Å². The standard InChI is InChI=1S/C20H20F4N4O2/c21-16-9-14(8-15(10-16)20(22,23)24)19(30)27-11-13-2-1-5-26-18(13)28-6-3-12(4-7-28)17(25)29/h1-2,5,8-10,12H,3-4,6-7,11H2,(H2,25,29)(H,27,30). The van der Waals surface area contributed by atoms with Crippen LogP contribution in [0.2, 0.25) is 0 Å². The largest absolute Gasteiger partial charge is 0.416 e. The highest BCUT2D eigenvalue weighted by molar-refractivity contribution is 5.94. The number of nitrogens with zero attached hydrogens (tertiary/aromatic N) is 2. The van der Waals surface area contributed by atoms with Crippen LogP contribution in [0.25, 0.3) is 0 Å². The third-order valence-electron chi connectivity index (χ3n) is 4.99. The Morgan fingerprint density at radius 1 is 1.20 bits per heavy atom. The number of aromatic nitrogens is 1. The zero-order valence-corrected chi connectivity index (χ0v) is 15.9. The number of benzene rings is 1. The van der Waals surface area contributed by atoms with Crippen molar-refractivity contribution in [1.29, 1.82) is 0 Å². The van der Waals surface area contributed by atoms with Gasteiger partial charge in [-0.2, -0.15) is 13.2 Å². The minimum atomic E-state index is -4.76. The molecule has 0 aliphatic carbocycles. The van der Waals surface area contributed by atoms with Crippen molar-refractivity contribution >= 4 is 17.6 Å². The van der Waals surface area contributed by atoms with E-state index in [-0.39, 0.29) is 18.4 Å². The lowest BCUT2D eigenvalue weighted by Crippen LogP contribution is -2.39. The first-order chi connectivity index (χ1) is 14.1. The molecule has 0 saturated carbocycles. The van der Waals surface area contributed by atoms with Crippen molar-refractivity contribution in [2.24, 2.45) is 11.7 Å². The van der Waals surface area contributed by atoms with Crippen molar-refractivity contribution in [3.8, 4) is 0 Å². The molecule has 2 amide bonds. The van der Waals surface area contributed by atoms with Crippen LogP contribution in [0.1, 0.15) is 34.3 Å². The Morgan fingerprint density at radius 2 is 1.90 bits per heavy atom. The number of anilines is 1. The van der Waals surface area contributed by atoms with Crippen molar-refractivity contribution in [3.05, 3.63) is 59.0 Å². The molecule has 2 aromatic rings. The number of halogens is 4. The van der Waals surface area contributed by atoms with Gasteiger partial charge in [-0.15, -0.1) is 0 Å². The van der Waals surface area contributed by atoms with E-state index in [0.717, 1.165) is 6.07 Å². The normalized spacial score (nSPS) is 15.1. The Bertz CT molecular complexity index is 941. The number of nitrogens with two attached hydrogens (primary N) is 1. The highest BCUT2D eigenvalue weighted by atomic mass is 19.4. The predicted octanol–water partition coefficient (Wildman–Crippen LogP) is 2.87. The lowest BCUT2D eigenvalue weighted by Gasteiger charge is -2.32. The molecule has 0 unspecified atom stereocenters. The highest BCUT2D eigenvalue weighted by Gasteiger charge is 2.32. The smallest absolute Gasteiger partial charge is 0.369 e. The van der Waals surface area contributed by atoms with E-state index in [1.807, 2.05) is 4.90 Å². The molecule has 1 aliphatic rings. The molecular weight excluding hydrogens is 404 g/mol. The molecule has 160 valence electrons. The molecule has 30 heavy (non-hydrogen) atoms. The van der Waals surface area contributed by atoms with Crippen LogP contribution >= 0.6 is 0 Å². The maximum absolute atomic E-state index is 13.5. The van der Waals surface area contributed by atoms with Gasteiger partial charge in [-0.05, 0) is 37.1 Å². The van der Waals surface area contributed by atoms with Gasteiger partial charge >= 0.3 is 6.18 Å². The van der Waals surface area contributed by atoms with E-state index in [9.17, 15) is 27.2 Å². The lowest BCUT2D eigenvalue weighted by atomic mass is 9.96. The number of hydrogen-bond acceptors (Lipinski definition) is 4. The van der Waals surface area contributed by atoms with E-state index in [0.29, 0.717) is 49.4 Å². The molecule has 0 spiro atoms. The Balaban J connectivity index is 1.71. The summed E-state index contributed by atoms with van der Waals surface area (Å²) in [6.07, 6.45) is -2.00. The van der Waals surface area contributed by atoms with Crippen LogP contribution < -0.4 is 16.0 Å². The van der Waals surface area contributed by atoms with Gasteiger partial charge in [0.1, 0.15) is 11.6 Å². The predicted molar refractivity (Wildman–Crippen MR) is 101 cm³/mol. The molecule has 0 radical (unpaired) electrons. The number of pyridine rings is 1. The molecule has 3 N–H and O–H groups in total. The molecule has 0 bridgehead atoms. The topological polar surface area (TPSA) is 88.3 Å². The van der Waals surface area contributed by atoms with Crippen molar-refractivity contribution in [2.45, 2.75) is 25.6 Å². The summed E-state index contributed by atoms with van der Waals surface area (Å²) in [5, 5.41) is 2.51. The first-order valence-corrected chi connectivity index (χ1v) is 9.29. The number of hydrogen-bond donors (Lipinski definition) is 2. The van der Waals surface area contributed by atoms with Crippen molar-refractivity contribution < 1.29 is 27.2 Å². The van der Waals surface area contributed by atoms with E-state index in [2.05, 4.69) is 10.3 Å². The first kappa shape index (κ1) is 21.5. The molecule has 0 atom stereocenters. The molecule has 1 aromatic carbocycles. The number of primary amides is 1. The van der Waals surface area contributed by atoms with Crippen LogP contribution in [-0.2, 0) is 17.5 Å². The second-order valence-corrected chi connectivity index (χ2v) is 7.06. The van der Waals surface area contributed by atoms with E-state index < -0.39 is 29.0 Å². The zero-order chi connectivity index (χ0) is 21.9. The lowest BCUT2D eigenvalue weighted by molar-refractivity contribution is -0.137.